The summed E-state index contributed by atoms with van der Waals surface area (Å²) in [6.07, 6.45) is 1.88. The zero-order chi connectivity index (χ0) is 22.5. The molecule has 0 spiro atoms. The van der Waals surface area contributed by atoms with Crippen LogP contribution in [0.2, 0.25) is 0 Å². The third kappa shape index (κ3) is 3.51. The Balaban J connectivity index is 1.38. The molecule has 0 saturated carbocycles. The number of carbonyl (C=O) groups excluding carboxylic acids is 1. The Morgan fingerprint density at radius 3 is 2.72 bits per heavy atom. The van der Waals surface area contributed by atoms with E-state index in [1.54, 1.807) is 12.3 Å². The first-order valence-corrected chi connectivity index (χ1v) is 10.4. The van der Waals surface area contributed by atoms with E-state index >= 15 is 0 Å². The van der Waals surface area contributed by atoms with Crippen LogP contribution >= 0.6 is 0 Å². The molecule has 0 radical (unpaired) electrons. The minimum atomic E-state index is -4.42. The van der Waals surface area contributed by atoms with Crippen LogP contribution in [0.4, 0.5) is 19.0 Å². The molecule has 9 heteroatoms. The number of fused-ring (bicyclic) bond motifs is 2. The molecule has 1 aromatic carbocycles. The summed E-state index contributed by atoms with van der Waals surface area (Å²) in [6.45, 7) is 1.91. The quantitative estimate of drug-likeness (QED) is 0.621. The van der Waals surface area contributed by atoms with Crippen LogP contribution in [0, 0.1) is 6.92 Å². The van der Waals surface area contributed by atoms with E-state index in [0.29, 0.717) is 22.8 Å². The first-order valence-electron chi connectivity index (χ1n) is 10.4. The molecule has 0 aliphatic carbocycles. The van der Waals surface area contributed by atoms with Gasteiger partial charge in [-0.2, -0.15) is 13.2 Å². The fourth-order valence-electron chi connectivity index (χ4n) is 4.91. The molecule has 2 aromatic heterocycles. The molecule has 3 atom stereocenters. The van der Waals surface area contributed by atoms with Crippen molar-refractivity contribution in [3.05, 3.63) is 65.7 Å². The van der Waals surface area contributed by atoms with Crippen LogP contribution in [0.1, 0.15) is 40.7 Å². The molecule has 2 aliphatic heterocycles. The lowest BCUT2D eigenvalue weighted by Gasteiger charge is -2.26. The molecular weight excluding hydrogens is 421 g/mol. The molecule has 1 N–H and O–H groups in total. The fraction of sp³-hybridized carbons (Fsp3) is 0.348. The smallest absolute Gasteiger partial charge is 0.417 e. The number of aryl methyl sites for hydroxylation is 1. The number of halogens is 3. The highest BCUT2D eigenvalue weighted by molar-refractivity contribution is 6.01. The Bertz CT molecular complexity index is 1130. The van der Waals surface area contributed by atoms with E-state index in [0.717, 1.165) is 37.1 Å². The molecular formula is C23H21F3N4O2. The Morgan fingerprint density at radius 1 is 1.19 bits per heavy atom. The maximum absolute atomic E-state index is 13.6. The highest BCUT2D eigenvalue weighted by Crippen LogP contribution is 2.41. The molecule has 2 bridgehead atoms. The topological polar surface area (TPSA) is 71.3 Å². The Kier molecular flexibility index (Phi) is 4.91. The average Bonchev–Trinajstić information content (AvgIpc) is 3.49. The lowest BCUT2D eigenvalue weighted by Crippen LogP contribution is -2.40. The summed E-state index contributed by atoms with van der Waals surface area (Å²) < 4.78 is 43.9. The van der Waals surface area contributed by atoms with Crippen LogP contribution in [-0.4, -0.2) is 38.9 Å². The van der Waals surface area contributed by atoms with Crippen LogP contribution in [-0.2, 0) is 6.18 Å². The molecule has 1 amide bonds. The van der Waals surface area contributed by atoms with Crippen molar-refractivity contribution >= 4 is 11.7 Å². The highest BCUT2D eigenvalue weighted by atomic mass is 19.4. The third-order valence-electron chi connectivity index (χ3n) is 6.34. The number of aromatic nitrogens is 2. The van der Waals surface area contributed by atoms with Gasteiger partial charge in [-0.05, 0) is 49.9 Å². The molecule has 2 saturated heterocycles. The molecule has 5 rings (SSSR count). The van der Waals surface area contributed by atoms with Gasteiger partial charge in [0.25, 0.3) is 5.91 Å². The second-order valence-electron chi connectivity index (χ2n) is 8.26. The van der Waals surface area contributed by atoms with Gasteiger partial charge in [-0.15, -0.1) is 0 Å². The van der Waals surface area contributed by atoms with Gasteiger partial charge in [0.1, 0.15) is 12.1 Å². The van der Waals surface area contributed by atoms with Crippen molar-refractivity contribution in [3.63, 3.8) is 0 Å². The summed E-state index contributed by atoms with van der Waals surface area (Å²) in [5.74, 6) is 0.694. The standard InChI is InChI=1S/C23H21F3N4O2/c1-13-3-2-4-16(20(13)21-27-9-10-32-21)22(31)30-15-6-7-18(30)17(11-15)29-19-8-5-14(12-28-19)23(24,25)26/h2-5,8-10,12,15,17-18H,6-7,11H2,1H3,(H,28,29). The molecule has 4 heterocycles. The van der Waals surface area contributed by atoms with Crippen LogP contribution in [0.25, 0.3) is 11.5 Å². The van der Waals surface area contributed by atoms with Gasteiger partial charge >= 0.3 is 6.18 Å². The lowest BCUT2D eigenvalue weighted by atomic mass is 9.95. The fourth-order valence-corrected chi connectivity index (χ4v) is 4.91. The van der Waals surface area contributed by atoms with Gasteiger partial charge in [0.2, 0.25) is 5.89 Å². The number of anilines is 1. The van der Waals surface area contributed by atoms with Gasteiger partial charge in [-0.3, -0.25) is 4.79 Å². The number of pyridine rings is 1. The van der Waals surface area contributed by atoms with E-state index in [-0.39, 0.29) is 24.0 Å². The number of benzene rings is 1. The van der Waals surface area contributed by atoms with Crippen LogP contribution in [0.15, 0.2) is 53.4 Å². The predicted octanol–water partition coefficient (Wildman–Crippen LogP) is 4.92. The molecule has 32 heavy (non-hydrogen) atoms. The number of hydrogen-bond acceptors (Lipinski definition) is 5. The summed E-state index contributed by atoms with van der Waals surface area (Å²) in [7, 11) is 0. The SMILES string of the molecule is Cc1cccc(C(=O)N2C3CCC2C(Nc2ccc(C(F)(F)F)cn2)C3)c1-c1ncco1. The number of rotatable bonds is 4. The Morgan fingerprint density at radius 2 is 2.03 bits per heavy atom. The maximum atomic E-state index is 13.6. The predicted molar refractivity (Wildman–Crippen MR) is 111 cm³/mol. The van der Waals surface area contributed by atoms with Crippen LogP contribution in [0.3, 0.4) is 0 Å². The number of nitrogens with zero attached hydrogens (tertiary/aromatic N) is 3. The molecule has 3 aromatic rings. The van der Waals surface area contributed by atoms with E-state index < -0.39 is 11.7 Å². The second kappa shape index (κ2) is 7.65. The van der Waals surface area contributed by atoms with Gasteiger partial charge < -0.3 is 14.6 Å². The van der Waals surface area contributed by atoms with Gasteiger partial charge in [0.05, 0.1) is 28.9 Å². The molecule has 3 unspecified atom stereocenters. The normalized spacial score (nSPS) is 22.4. The number of nitrogens with one attached hydrogen (secondary N) is 1. The number of amides is 1. The summed E-state index contributed by atoms with van der Waals surface area (Å²) in [5.41, 5.74) is 1.33. The summed E-state index contributed by atoms with van der Waals surface area (Å²) in [5, 5.41) is 3.24. The number of carbonyl (C=O) groups is 1. The summed E-state index contributed by atoms with van der Waals surface area (Å²) >= 11 is 0. The Labute approximate surface area is 182 Å². The lowest BCUT2D eigenvalue weighted by molar-refractivity contribution is -0.137. The third-order valence-corrected chi connectivity index (χ3v) is 6.34. The average molecular weight is 442 g/mol. The molecule has 2 aliphatic rings. The van der Waals surface area contributed by atoms with Crippen molar-refractivity contribution in [2.24, 2.45) is 0 Å². The largest absolute Gasteiger partial charge is 0.444 e. The van der Waals surface area contributed by atoms with Crippen LogP contribution < -0.4 is 5.32 Å². The first-order chi connectivity index (χ1) is 15.3. The number of oxazole rings is 1. The van der Waals surface area contributed by atoms with E-state index in [2.05, 4.69) is 15.3 Å². The van der Waals surface area contributed by atoms with E-state index in [1.165, 1.54) is 12.3 Å². The van der Waals surface area contributed by atoms with Crippen molar-refractivity contribution in [2.75, 3.05) is 5.32 Å². The van der Waals surface area contributed by atoms with Gasteiger partial charge in [0, 0.05) is 18.3 Å². The van der Waals surface area contributed by atoms with E-state index in [9.17, 15) is 18.0 Å². The maximum Gasteiger partial charge on any atom is 0.417 e. The number of hydrogen-bond donors (Lipinski definition) is 1. The zero-order valence-corrected chi connectivity index (χ0v) is 17.3. The molecule has 2 fully saturated rings. The van der Waals surface area contributed by atoms with Crippen molar-refractivity contribution in [2.45, 2.75) is 50.5 Å². The highest BCUT2D eigenvalue weighted by Gasteiger charge is 2.49. The van der Waals surface area contributed by atoms with Gasteiger partial charge in [0.15, 0.2) is 0 Å². The van der Waals surface area contributed by atoms with Gasteiger partial charge in [-0.1, -0.05) is 12.1 Å². The van der Waals surface area contributed by atoms with Crippen molar-refractivity contribution in [3.8, 4) is 11.5 Å². The minimum absolute atomic E-state index is 0.0606. The van der Waals surface area contributed by atoms with Crippen molar-refractivity contribution < 1.29 is 22.4 Å². The monoisotopic (exact) mass is 442 g/mol. The molecule has 6 nitrogen and oxygen atoms in total. The van der Waals surface area contributed by atoms with Gasteiger partial charge in [-0.25, -0.2) is 9.97 Å². The van der Waals surface area contributed by atoms with E-state index in [4.69, 9.17) is 4.42 Å². The summed E-state index contributed by atoms with van der Waals surface area (Å²) in [4.78, 5) is 23.7. The zero-order valence-electron chi connectivity index (χ0n) is 17.3. The van der Waals surface area contributed by atoms with Crippen molar-refractivity contribution in [1.82, 2.24) is 14.9 Å². The minimum Gasteiger partial charge on any atom is -0.444 e. The molecule has 166 valence electrons. The second-order valence-corrected chi connectivity index (χ2v) is 8.26. The van der Waals surface area contributed by atoms with E-state index in [1.807, 2.05) is 24.0 Å². The first kappa shape index (κ1) is 20.5. The van der Waals surface area contributed by atoms with Crippen molar-refractivity contribution in [1.29, 1.82) is 0 Å². The Hall–Kier alpha value is -3.36. The van der Waals surface area contributed by atoms with Crippen LogP contribution in [0.5, 0.6) is 0 Å². The summed E-state index contributed by atoms with van der Waals surface area (Å²) in [6, 6.07) is 7.82. The number of alkyl halides is 3.